The maximum Gasteiger partial charge on any atom is 0.309 e. The second-order valence-electron chi connectivity index (χ2n) is 9.08. The summed E-state index contributed by atoms with van der Waals surface area (Å²) in [4.78, 5) is 41.2. The first-order valence-electron chi connectivity index (χ1n) is 12.4. The second kappa shape index (κ2) is 13.7. The highest BCUT2D eigenvalue weighted by atomic mass is 19.2. The number of aromatic nitrogens is 1. The van der Waals surface area contributed by atoms with Crippen molar-refractivity contribution in [3.05, 3.63) is 88.8 Å². The van der Waals surface area contributed by atoms with E-state index in [0.29, 0.717) is 6.07 Å². The zero-order chi connectivity index (χ0) is 30.3. The largest absolute Gasteiger partial charge is 0.493 e. The summed E-state index contributed by atoms with van der Waals surface area (Å²) in [5.74, 6) is -8.40. The Bertz CT molecular complexity index is 1430. The van der Waals surface area contributed by atoms with Crippen molar-refractivity contribution in [2.45, 2.75) is 39.2 Å². The fourth-order valence-corrected chi connectivity index (χ4v) is 4.09. The molecule has 1 aromatic heterocycles. The Balaban J connectivity index is 1.81. The number of methoxy groups -OCH3 is 1. The van der Waals surface area contributed by atoms with Crippen LogP contribution in [0.5, 0.6) is 11.5 Å². The molecule has 3 aromatic rings. The topological polar surface area (TPSA) is 101 Å². The van der Waals surface area contributed by atoms with E-state index in [1.807, 2.05) is 0 Å². The summed E-state index contributed by atoms with van der Waals surface area (Å²) in [6.07, 6.45) is -0.252. The van der Waals surface area contributed by atoms with E-state index in [1.54, 1.807) is 0 Å². The number of benzene rings is 2. The molecule has 0 N–H and O–H groups in total. The fraction of sp³-hybridized carbons (Fsp3) is 0.310. The third kappa shape index (κ3) is 7.80. The lowest BCUT2D eigenvalue weighted by molar-refractivity contribution is -0.153. The van der Waals surface area contributed by atoms with Crippen LogP contribution in [0.25, 0.3) is 0 Å². The van der Waals surface area contributed by atoms with Gasteiger partial charge >= 0.3 is 11.9 Å². The molecule has 0 aliphatic heterocycles. The minimum absolute atomic E-state index is 0.0774. The van der Waals surface area contributed by atoms with Crippen LogP contribution in [0.3, 0.4) is 0 Å². The van der Waals surface area contributed by atoms with Gasteiger partial charge in [-0.25, -0.2) is 22.5 Å². The van der Waals surface area contributed by atoms with Gasteiger partial charge in [-0.15, -0.1) is 0 Å². The van der Waals surface area contributed by atoms with Gasteiger partial charge < -0.3 is 18.9 Å². The highest BCUT2D eigenvalue weighted by molar-refractivity contribution is 5.99. The van der Waals surface area contributed by atoms with Crippen molar-refractivity contribution in [3.63, 3.8) is 0 Å². The van der Waals surface area contributed by atoms with Gasteiger partial charge in [-0.2, -0.15) is 0 Å². The van der Waals surface area contributed by atoms with Crippen molar-refractivity contribution in [1.29, 1.82) is 0 Å². The molecule has 8 nitrogen and oxygen atoms in total. The van der Waals surface area contributed by atoms with E-state index < -0.39 is 72.1 Å². The summed E-state index contributed by atoms with van der Waals surface area (Å²) in [5, 5.41) is 0. The van der Waals surface area contributed by atoms with E-state index >= 15 is 0 Å². The molecule has 0 aliphatic carbocycles. The number of Topliss-reactive ketones (excluding diaryl/α,β-unsaturated/α-hetero) is 1. The summed E-state index contributed by atoms with van der Waals surface area (Å²) in [5.41, 5.74) is -0.220. The molecule has 0 bridgehead atoms. The van der Waals surface area contributed by atoms with Crippen molar-refractivity contribution in [2.24, 2.45) is 5.92 Å². The van der Waals surface area contributed by atoms with Gasteiger partial charge in [0.15, 0.2) is 34.6 Å². The highest BCUT2D eigenvalue weighted by Crippen LogP contribution is 2.34. The number of hydrogen-bond donors (Lipinski definition) is 0. The van der Waals surface area contributed by atoms with Crippen molar-refractivity contribution in [3.8, 4) is 11.5 Å². The standard InChI is InChI=1S/C29H27F4NO7/c1-15(11-24(36)27-28(40-14-39-17(3)35)25(38-4)9-10-34-27)29(37)41-16(2)26(18-5-8-21(31)23(33)12-18)20-7-6-19(30)13-22(20)32/h5-10,12-13,15-16,26H,11,14H2,1-4H3/t15-,16+,26?/m1/s1. The molecule has 0 aliphatic rings. The molecule has 3 atom stereocenters. The normalized spacial score (nSPS) is 13.1. The van der Waals surface area contributed by atoms with E-state index in [0.717, 1.165) is 24.3 Å². The van der Waals surface area contributed by atoms with Gasteiger partial charge in [-0.05, 0) is 36.2 Å². The first kappa shape index (κ1) is 31.1. The van der Waals surface area contributed by atoms with Gasteiger partial charge in [0.2, 0.25) is 6.79 Å². The summed E-state index contributed by atoms with van der Waals surface area (Å²) in [6.45, 7) is 3.48. The van der Waals surface area contributed by atoms with Crippen molar-refractivity contribution < 1.29 is 50.9 Å². The number of esters is 2. The SMILES string of the molecule is COc1ccnc(C(=O)C[C@@H](C)C(=O)O[C@@H](C)C(c2ccc(F)c(F)c2)c2ccc(F)cc2F)c1OCOC(C)=O. The van der Waals surface area contributed by atoms with E-state index in [-0.39, 0.29) is 28.3 Å². The van der Waals surface area contributed by atoms with Gasteiger partial charge in [-0.3, -0.25) is 14.4 Å². The summed E-state index contributed by atoms with van der Waals surface area (Å²) in [7, 11) is 1.33. The number of rotatable bonds is 12. The third-order valence-corrected chi connectivity index (χ3v) is 6.08. The quantitative estimate of drug-likeness (QED) is 0.120. The fourth-order valence-electron chi connectivity index (χ4n) is 4.09. The van der Waals surface area contributed by atoms with E-state index in [9.17, 15) is 31.9 Å². The Labute approximate surface area is 233 Å². The molecule has 0 amide bonds. The minimum atomic E-state index is -1.20. The molecule has 218 valence electrons. The second-order valence-corrected chi connectivity index (χ2v) is 9.08. The van der Waals surface area contributed by atoms with E-state index in [2.05, 4.69) is 4.98 Å². The first-order chi connectivity index (χ1) is 19.4. The molecule has 1 unspecified atom stereocenters. The predicted octanol–water partition coefficient (Wildman–Crippen LogP) is 5.52. The highest BCUT2D eigenvalue weighted by Gasteiger charge is 2.31. The monoisotopic (exact) mass is 577 g/mol. The molecule has 0 saturated carbocycles. The van der Waals surface area contributed by atoms with Crippen LogP contribution in [0.1, 0.15) is 54.7 Å². The van der Waals surface area contributed by atoms with Crippen molar-refractivity contribution in [2.75, 3.05) is 13.9 Å². The predicted molar refractivity (Wildman–Crippen MR) is 136 cm³/mol. The lowest BCUT2D eigenvalue weighted by Crippen LogP contribution is -2.28. The lowest BCUT2D eigenvalue weighted by Gasteiger charge is -2.26. The van der Waals surface area contributed by atoms with E-state index in [1.165, 1.54) is 46.2 Å². The van der Waals surface area contributed by atoms with Gasteiger partial charge in [0, 0.05) is 37.6 Å². The molecular weight excluding hydrogens is 550 g/mol. The number of hydrogen-bond acceptors (Lipinski definition) is 8. The van der Waals surface area contributed by atoms with Crippen LogP contribution >= 0.6 is 0 Å². The van der Waals surface area contributed by atoms with Crippen molar-refractivity contribution in [1.82, 2.24) is 4.98 Å². The Morgan fingerprint density at radius 3 is 2.29 bits per heavy atom. The minimum Gasteiger partial charge on any atom is -0.493 e. The summed E-state index contributed by atoms with van der Waals surface area (Å²) >= 11 is 0. The van der Waals surface area contributed by atoms with Crippen LogP contribution in [0.15, 0.2) is 48.7 Å². The summed E-state index contributed by atoms with van der Waals surface area (Å²) in [6, 6.07) is 7.05. The van der Waals surface area contributed by atoms with E-state index in [4.69, 9.17) is 18.9 Å². The third-order valence-electron chi connectivity index (χ3n) is 6.08. The van der Waals surface area contributed by atoms with Gasteiger partial charge in [-0.1, -0.05) is 19.1 Å². The average Bonchev–Trinajstić information content (AvgIpc) is 2.91. The van der Waals surface area contributed by atoms with Gasteiger partial charge in [0.25, 0.3) is 0 Å². The van der Waals surface area contributed by atoms with Crippen LogP contribution in [0, 0.1) is 29.2 Å². The molecule has 0 fully saturated rings. The molecule has 2 aromatic carbocycles. The molecule has 41 heavy (non-hydrogen) atoms. The molecule has 12 heteroatoms. The zero-order valence-corrected chi connectivity index (χ0v) is 22.6. The van der Waals surface area contributed by atoms with Crippen LogP contribution in [-0.4, -0.2) is 42.7 Å². The van der Waals surface area contributed by atoms with Gasteiger partial charge in [0.05, 0.1) is 13.0 Å². The zero-order valence-electron chi connectivity index (χ0n) is 22.6. The molecule has 0 spiro atoms. The maximum atomic E-state index is 14.8. The Morgan fingerprint density at radius 2 is 1.66 bits per heavy atom. The lowest BCUT2D eigenvalue weighted by atomic mass is 9.86. The number of carbonyl (C=O) groups excluding carboxylic acids is 3. The Kier molecular flexibility index (Phi) is 10.4. The van der Waals surface area contributed by atoms with Crippen LogP contribution in [-0.2, 0) is 19.1 Å². The Hall–Kier alpha value is -4.48. The summed E-state index contributed by atoms with van der Waals surface area (Å²) < 4.78 is 76.8. The number of ether oxygens (including phenoxy) is 4. The van der Waals surface area contributed by atoms with Gasteiger partial charge in [0.1, 0.15) is 17.7 Å². The molecule has 1 heterocycles. The van der Waals surface area contributed by atoms with Crippen molar-refractivity contribution >= 4 is 17.7 Å². The van der Waals surface area contributed by atoms with Crippen LogP contribution in [0.2, 0.25) is 0 Å². The number of pyridine rings is 1. The maximum absolute atomic E-state index is 14.8. The molecule has 3 rings (SSSR count). The average molecular weight is 578 g/mol. The first-order valence-corrected chi connectivity index (χ1v) is 12.4. The molecular formula is C29H27F4NO7. The number of halogens is 4. The molecule has 0 saturated heterocycles. The number of ketones is 1. The number of carbonyl (C=O) groups is 3. The Morgan fingerprint density at radius 1 is 0.927 bits per heavy atom. The molecule has 0 radical (unpaired) electrons. The smallest absolute Gasteiger partial charge is 0.309 e. The van der Waals surface area contributed by atoms with Crippen LogP contribution in [0.4, 0.5) is 17.6 Å². The van der Waals surface area contributed by atoms with Crippen LogP contribution < -0.4 is 9.47 Å². The number of nitrogens with zero attached hydrogens (tertiary/aromatic N) is 1.